The largest absolute Gasteiger partial charge is 0.463 e. The molecule has 15 nitrogen and oxygen atoms in total. The Balaban J connectivity index is 1.24. The van der Waals surface area contributed by atoms with Crippen molar-refractivity contribution in [3.8, 4) is 22.8 Å². The monoisotopic (exact) mass is 732 g/mol. The molecule has 0 radical (unpaired) electrons. The number of hydrogen-bond acceptors (Lipinski definition) is 14. The number of halogens is 3. The number of benzene rings is 1. The molecule has 0 bridgehead atoms. The summed E-state index contributed by atoms with van der Waals surface area (Å²) in [7, 11) is 1.48. The first kappa shape index (κ1) is 36.5. The van der Waals surface area contributed by atoms with Gasteiger partial charge in [0, 0.05) is 38.1 Å². The number of ether oxygens (including phenoxy) is 4. The van der Waals surface area contributed by atoms with Crippen LogP contribution in [-0.2, 0) is 35.0 Å². The number of ketones is 1. The molecule has 2 aliphatic rings. The van der Waals surface area contributed by atoms with Crippen molar-refractivity contribution < 1.29 is 46.8 Å². The molecule has 19 heteroatoms. The number of carbonyl (C=O) groups excluding carboxylic acids is 2. The average molecular weight is 733 g/mol. The van der Waals surface area contributed by atoms with Gasteiger partial charge < -0.3 is 24.1 Å². The van der Waals surface area contributed by atoms with E-state index < -0.39 is 70.4 Å². The number of carbonyl (C=O) groups is 2. The van der Waals surface area contributed by atoms with Crippen LogP contribution >= 0.6 is 11.8 Å². The zero-order valence-electron chi connectivity index (χ0n) is 27.9. The van der Waals surface area contributed by atoms with Crippen LogP contribution in [0.2, 0.25) is 0 Å². The van der Waals surface area contributed by atoms with E-state index in [-0.39, 0.29) is 49.1 Å². The third-order valence-corrected chi connectivity index (χ3v) is 10.1. The van der Waals surface area contributed by atoms with Gasteiger partial charge in [0.05, 0.1) is 54.8 Å². The molecule has 2 aliphatic heterocycles. The number of hydrogen-bond donors (Lipinski definition) is 1. The molecule has 0 aliphatic carbocycles. The van der Waals surface area contributed by atoms with Gasteiger partial charge in [-0.15, -0.1) is 22.0 Å². The number of thioether (sulfide) groups is 1. The summed E-state index contributed by atoms with van der Waals surface area (Å²) in [6, 6.07) is 2.05. The summed E-state index contributed by atoms with van der Waals surface area (Å²) in [5.74, 6) is -5.00. The highest BCUT2D eigenvalue weighted by Gasteiger charge is 2.49. The molecule has 0 saturated carbocycles. The van der Waals surface area contributed by atoms with Gasteiger partial charge in [-0.1, -0.05) is 17.4 Å². The van der Waals surface area contributed by atoms with Crippen molar-refractivity contribution in [2.45, 2.75) is 68.3 Å². The topological polar surface area (TPSA) is 178 Å². The summed E-state index contributed by atoms with van der Waals surface area (Å²) in [6.45, 7) is 4.78. The second kappa shape index (κ2) is 15.5. The molecule has 4 aromatic rings. The van der Waals surface area contributed by atoms with E-state index in [0.29, 0.717) is 11.4 Å². The lowest BCUT2D eigenvalue weighted by Gasteiger charge is -2.46. The van der Waals surface area contributed by atoms with Crippen LogP contribution < -0.4 is 0 Å². The van der Waals surface area contributed by atoms with E-state index in [4.69, 9.17) is 18.9 Å². The lowest BCUT2D eigenvalue weighted by molar-refractivity contribution is -0.172. The lowest BCUT2D eigenvalue weighted by atomic mass is 9.89. The highest BCUT2D eigenvalue weighted by atomic mass is 32.2. The molecule has 2 saturated heterocycles. The van der Waals surface area contributed by atoms with Gasteiger partial charge in [-0.3, -0.25) is 9.59 Å². The molecule has 5 heterocycles. The van der Waals surface area contributed by atoms with Crippen molar-refractivity contribution in [1.82, 2.24) is 40.0 Å². The Bertz CT molecular complexity index is 1860. The average Bonchev–Trinajstić information content (AvgIpc) is 3.78. The molecule has 0 spiro atoms. The summed E-state index contributed by atoms with van der Waals surface area (Å²) in [4.78, 5) is 32.0. The fourth-order valence-corrected chi connectivity index (χ4v) is 7.64. The smallest absolute Gasteiger partial charge is 0.302 e. The first-order valence-corrected chi connectivity index (χ1v) is 16.9. The maximum atomic E-state index is 14.0. The third-order valence-electron chi connectivity index (χ3n) is 8.73. The van der Waals surface area contributed by atoms with Crippen molar-refractivity contribution in [2.75, 3.05) is 26.9 Å². The molecule has 8 unspecified atom stereocenters. The summed E-state index contributed by atoms with van der Waals surface area (Å²) in [5.41, 5.74) is 0.189. The molecular formula is C32H35F3N8O7S. The van der Waals surface area contributed by atoms with Crippen LogP contribution in [0.4, 0.5) is 13.2 Å². The second-order valence-corrected chi connectivity index (χ2v) is 13.7. The van der Waals surface area contributed by atoms with E-state index in [1.54, 1.807) is 12.3 Å². The van der Waals surface area contributed by atoms with Crippen molar-refractivity contribution >= 4 is 23.5 Å². The van der Waals surface area contributed by atoms with Crippen molar-refractivity contribution in [1.29, 1.82) is 0 Å². The van der Waals surface area contributed by atoms with E-state index in [1.165, 1.54) is 54.5 Å². The third kappa shape index (κ3) is 7.96. The Morgan fingerprint density at radius 3 is 2.47 bits per heavy atom. The van der Waals surface area contributed by atoms with Gasteiger partial charge in [0.1, 0.15) is 41.4 Å². The number of rotatable bonds is 11. The normalized spacial score (nSPS) is 26.6. The number of esters is 1. The molecule has 2 fully saturated rings. The van der Waals surface area contributed by atoms with Crippen LogP contribution in [0.15, 0.2) is 36.8 Å². The number of methoxy groups -OCH3 is 1. The van der Waals surface area contributed by atoms with Crippen LogP contribution in [0.1, 0.15) is 38.5 Å². The number of Topliss-reactive ketones (excluding diaryl/α,β-unsaturated/α-hetero) is 1. The Morgan fingerprint density at radius 1 is 1.06 bits per heavy atom. The first-order chi connectivity index (χ1) is 24.4. The van der Waals surface area contributed by atoms with E-state index >= 15 is 0 Å². The summed E-state index contributed by atoms with van der Waals surface area (Å²) in [5, 5.41) is 27.8. The van der Waals surface area contributed by atoms with Crippen molar-refractivity contribution in [3.05, 3.63) is 59.9 Å². The molecule has 6 rings (SSSR count). The molecule has 51 heavy (non-hydrogen) atoms. The number of aromatic nitrogens is 8. The zero-order chi connectivity index (χ0) is 36.4. The maximum Gasteiger partial charge on any atom is 0.302 e. The molecule has 0 amide bonds. The first-order valence-electron chi connectivity index (χ1n) is 16.0. The highest BCUT2D eigenvalue weighted by Crippen LogP contribution is 2.43. The number of nitrogens with zero attached hydrogens (tertiary/aromatic N) is 8. The minimum absolute atomic E-state index is 0.0196. The summed E-state index contributed by atoms with van der Waals surface area (Å²) >= 11 is 1.26. The molecule has 1 N–H and O–H groups in total. The van der Waals surface area contributed by atoms with Crippen molar-refractivity contribution in [3.63, 3.8) is 0 Å². The minimum atomic E-state index is -1.60. The van der Waals surface area contributed by atoms with E-state index in [2.05, 4.69) is 30.6 Å². The van der Waals surface area contributed by atoms with Crippen molar-refractivity contribution in [2.24, 2.45) is 5.92 Å². The Morgan fingerprint density at radius 2 is 1.76 bits per heavy atom. The second-order valence-electron chi connectivity index (χ2n) is 12.3. The quantitative estimate of drug-likeness (QED) is 0.176. The summed E-state index contributed by atoms with van der Waals surface area (Å²) in [6.07, 6.45) is 2.36. The number of aliphatic hydroxyl groups is 1. The fraction of sp³-hybridized carbons (Fsp3) is 0.500. The Labute approximate surface area is 293 Å². The number of aliphatic hydroxyl groups excluding tert-OH is 1. The van der Waals surface area contributed by atoms with E-state index in [1.807, 2.05) is 6.92 Å². The molecule has 272 valence electrons. The Hall–Kier alpha value is -4.30. The van der Waals surface area contributed by atoms with Gasteiger partial charge >= 0.3 is 5.97 Å². The SMILES string of the molecule is COC1C(SC2COCC(n3cc(-c4nccc(CC(C)=O)n4)nn3)C2O)OC(COC(C)=O)C(C)C1n1cc(-c2cc(F)c(F)c(F)c2)nn1. The van der Waals surface area contributed by atoms with Gasteiger partial charge in [0.15, 0.2) is 23.3 Å². The van der Waals surface area contributed by atoms with Crippen LogP contribution in [0.3, 0.4) is 0 Å². The van der Waals surface area contributed by atoms with Crippen LogP contribution in [0.25, 0.3) is 22.8 Å². The summed E-state index contributed by atoms with van der Waals surface area (Å²) < 4.78 is 68.3. The molecule has 1 aromatic carbocycles. The predicted octanol–water partition coefficient (Wildman–Crippen LogP) is 2.76. The van der Waals surface area contributed by atoms with Gasteiger partial charge in [0.2, 0.25) is 0 Å². The fourth-order valence-electron chi connectivity index (χ4n) is 6.14. The van der Waals surface area contributed by atoms with Gasteiger partial charge in [-0.2, -0.15) is 0 Å². The highest BCUT2D eigenvalue weighted by molar-refractivity contribution is 8.00. The van der Waals surface area contributed by atoms with Crippen LogP contribution in [-0.4, -0.2) is 113 Å². The van der Waals surface area contributed by atoms with Gasteiger partial charge in [-0.25, -0.2) is 32.5 Å². The molecular weight excluding hydrogens is 697 g/mol. The van der Waals surface area contributed by atoms with E-state index in [9.17, 15) is 27.9 Å². The van der Waals surface area contributed by atoms with Gasteiger partial charge in [0.25, 0.3) is 0 Å². The van der Waals surface area contributed by atoms with Gasteiger partial charge in [-0.05, 0) is 25.1 Å². The molecule has 8 atom stereocenters. The van der Waals surface area contributed by atoms with Crippen LogP contribution in [0.5, 0.6) is 0 Å². The zero-order valence-corrected chi connectivity index (χ0v) is 28.7. The lowest BCUT2D eigenvalue weighted by Crippen LogP contribution is -2.54. The molecule has 3 aromatic heterocycles. The van der Waals surface area contributed by atoms with Crippen LogP contribution in [0, 0.1) is 23.4 Å². The minimum Gasteiger partial charge on any atom is -0.463 e. The van der Waals surface area contributed by atoms with E-state index in [0.717, 1.165) is 12.1 Å². The standard InChI is InChI=1S/C32H35F3N8O7S/c1-15(44)7-19-5-6-36-31(37-19)23-11-42(40-39-23)24-12-48-14-26(29(24)46)51-32-30(47-4)28(16(2)25(50-32)13-49-17(3)45)43-10-22(38-41-43)18-8-20(33)27(35)21(34)9-18/h5-6,8-11,16,24-26,28-30,32,46H,7,12-14H2,1-4H3. The maximum absolute atomic E-state index is 14.0. The Kier molecular flexibility index (Phi) is 11.1. The predicted molar refractivity (Wildman–Crippen MR) is 172 cm³/mol.